The van der Waals surface area contributed by atoms with Crippen LogP contribution >= 0.6 is 23.1 Å². The lowest BCUT2D eigenvalue weighted by atomic mass is 10.2. The maximum Gasteiger partial charge on any atom is 0.261 e. The summed E-state index contributed by atoms with van der Waals surface area (Å²) in [7, 11) is 0. The lowest BCUT2D eigenvalue weighted by molar-refractivity contribution is -0.113. The molecule has 168 valence electrons. The smallest absolute Gasteiger partial charge is 0.261 e. The molecule has 2 aromatic heterocycles. The molecule has 2 heterocycles. The summed E-state index contributed by atoms with van der Waals surface area (Å²) < 4.78 is 1.88. The van der Waals surface area contributed by atoms with Gasteiger partial charge in [-0.2, -0.15) is 0 Å². The molecule has 0 atom stereocenters. The molecular weight excluding hydrogens is 454 g/mol. The number of benzene rings is 2. The van der Waals surface area contributed by atoms with Gasteiger partial charge < -0.3 is 10.6 Å². The zero-order chi connectivity index (χ0) is 23.2. The van der Waals surface area contributed by atoms with E-state index in [1.54, 1.807) is 6.07 Å². The Bertz CT molecular complexity index is 1270. The predicted molar refractivity (Wildman–Crippen MR) is 132 cm³/mol. The third kappa shape index (κ3) is 5.88. The van der Waals surface area contributed by atoms with Gasteiger partial charge in [0.1, 0.15) is 0 Å². The predicted octanol–water partition coefficient (Wildman–Crippen LogP) is 4.61. The van der Waals surface area contributed by atoms with Crippen molar-refractivity contribution in [2.45, 2.75) is 25.5 Å². The molecule has 0 spiro atoms. The van der Waals surface area contributed by atoms with Crippen molar-refractivity contribution in [2.75, 3.05) is 11.1 Å². The van der Waals surface area contributed by atoms with Gasteiger partial charge in [-0.25, -0.2) is 0 Å². The first-order valence-electron chi connectivity index (χ1n) is 10.3. The van der Waals surface area contributed by atoms with Crippen molar-refractivity contribution < 1.29 is 9.59 Å². The van der Waals surface area contributed by atoms with Crippen molar-refractivity contribution in [1.29, 1.82) is 0 Å². The fourth-order valence-electron chi connectivity index (χ4n) is 3.24. The summed E-state index contributed by atoms with van der Waals surface area (Å²) in [5, 5.41) is 16.9. The lowest BCUT2D eigenvalue weighted by Crippen LogP contribution is -2.24. The van der Waals surface area contributed by atoms with E-state index in [1.807, 2.05) is 78.4 Å². The number of carbonyl (C=O) groups is 2. The van der Waals surface area contributed by atoms with Gasteiger partial charge in [-0.15, -0.1) is 21.5 Å². The molecule has 0 aliphatic heterocycles. The van der Waals surface area contributed by atoms with Crippen molar-refractivity contribution in [3.8, 4) is 5.69 Å². The van der Waals surface area contributed by atoms with Crippen molar-refractivity contribution >= 4 is 40.6 Å². The lowest BCUT2D eigenvalue weighted by Gasteiger charge is -2.12. The molecule has 7 nitrogen and oxygen atoms in total. The molecule has 0 saturated carbocycles. The third-order valence-corrected chi connectivity index (χ3v) is 6.54. The van der Waals surface area contributed by atoms with Gasteiger partial charge in [0.25, 0.3) is 5.91 Å². The summed E-state index contributed by atoms with van der Waals surface area (Å²) >= 11 is 2.68. The zero-order valence-corrected chi connectivity index (χ0v) is 19.9. The normalized spacial score (nSPS) is 10.7. The van der Waals surface area contributed by atoms with Crippen molar-refractivity contribution in [3.05, 3.63) is 87.9 Å². The van der Waals surface area contributed by atoms with Gasteiger partial charge in [0.15, 0.2) is 11.0 Å². The van der Waals surface area contributed by atoms with Crippen LogP contribution in [0.3, 0.4) is 0 Å². The van der Waals surface area contributed by atoms with Crippen LogP contribution in [-0.4, -0.2) is 32.3 Å². The number of hydrogen-bond acceptors (Lipinski definition) is 6. The topological polar surface area (TPSA) is 88.9 Å². The number of rotatable bonds is 8. The highest BCUT2D eigenvalue weighted by molar-refractivity contribution is 7.99. The second-order valence-corrected chi connectivity index (χ2v) is 9.33. The fourth-order valence-corrected chi connectivity index (χ4v) is 4.65. The van der Waals surface area contributed by atoms with Crippen LogP contribution in [0.2, 0.25) is 0 Å². The van der Waals surface area contributed by atoms with Gasteiger partial charge in [0, 0.05) is 11.4 Å². The Morgan fingerprint density at radius 1 is 1.00 bits per heavy atom. The van der Waals surface area contributed by atoms with E-state index < -0.39 is 0 Å². The first kappa shape index (κ1) is 22.8. The minimum absolute atomic E-state index is 0.128. The van der Waals surface area contributed by atoms with Crippen LogP contribution in [0.5, 0.6) is 0 Å². The van der Waals surface area contributed by atoms with Gasteiger partial charge in [0.05, 0.1) is 17.2 Å². The van der Waals surface area contributed by atoms with E-state index in [-0.39, 0.29) is 24.1 Å². The van der Waals surface area contributed by atoms with E-state index >= 15 is 0 Å². The molecule has 0 bridgehead atoms. The van der Waals surface area contributed by atoms with E-state index in [2.05, 4.69) is 20.8 Å². The van der Waals surface area contributed by atoms with E-state index in [1.165, 1.54) is 23.1 Å². The molecule has 0 radical (unpaired) electrons. The Kier molecular flexibility index (Phi) is 7.21. The van der Waals surface area contributed by atoms with Crippen LogP contribution in [-0.2, 0) is 11.3 Å². The Morgan fingerprint density at radius 2 is 1.79 bits per heavy atom. The highest BCUT2D eigenvalue weighted by Gasteiger charge is 2.17. The SMILES string of the molecule is Cc1cccc(NC(=O)CSc2nnc(CNC(=O)c3cccs3)n2-c2cccc(C)c2)c1. The summed E-state index contributed by atoms with van der Waals surface area (Å²) in [5.41, 5.74) is 3.80. The molecule has 4 aromatic rings. The molecule has 2 aromatic carbocycles. The number of nitrogens with one attached hydrogen (secondary N) is 2. The average molecular weight is 478 g/mol. The number of aromatic nitrogens is 3. The third-order valence-electron chi connectivity index (χ3n) is 4.75. The Morgan fingerprint density at radius 3 is 2.52 bits per heavy atom. The molecule has 0 saturated heterocycles. The molecular formula is C24H23N5O2S2. The van der Waals surface area contributed by atoms with Crippen molar-refractivity contribution in [3.63, 3.8) is 0 Å². The first-order valence-corrected chi connectivity index (χ1v) is 12.2. The van der Waals surface area contributed by atoms with Crippen molar-refractivity contribution in [1.82, 2.24) is 20.1 Å². The molecule has 2 amide bonds. The summed E-state index contributed by atoms with van der Waals surface area (Å²) in [6, 6.07) is 19.2. The monoisotopic (exact) mass is 477 g/mol. The van der Waals surface area contributed by atoms with Crippen LogP contribution in [0.4, 0.5) is 5.69 Å². The summed E-state index contributed by atoms with van der Waals surface area (Å²) in [6.07, 6.45) is 0. The fraction of sp³-hybridized carbons (Fsp3) is 0.167. The van der Waals surface area contributed by atoms with Crippen LogP contribution < -0.4 is 10.6 Å². The molecule has 4 rings (SSSR count). The molecule has 33 heavy (non-hydrogen) atoms. The number of hydrogen-bond donors (Lipinski definition) is 2. The molecule has 0 aliphatic carbocycles. The molecule has 9 heteroatoms. The van der Waals surface area contributed by atoms with E-state index in [4.69, 9.17) is 0 Å². The Hall–Kier alpha value is -3.43. The molecule has 2 N–H and O–H groups in total. The Labute approximate surface area is 200 Å². The van der Waals surface area contributed by atoms with E-state index in [9.17, 15) is 9.59 Å². The maximum absolute atomic E-state index is 12.5. The van der Waals surface area contributed by atoms with E-state index in [0.29, 0.717) is 15.9 Å². The molecule has 0 fully saturated rings. The number of carbonyl (C=O) groups excluding carboxylic acids is 2. The maximum atomic E-state index is 12.5. The van der Waals surface area contributed by atoms with Gasteiger partial charge in [-0.1, -0.05) is 42.1 Å². The van der Waals surface area contributed by atoms with Gasteiger partial charge in [0.2, 0.25) is 5.91 Å². The van der Waals surface area contributed by atoms with E-state index in [0.717, 1.165) is 22.5 Å². The summed E-state index contributed by atoms with van der Waals surface area (Å²) in [6.45, 7) is 4.20. The minimum Gasteiger partial charge on any atom is -0.344 e. The van der Waals surface area contributed by atoms with Gasteiger partial charge >= 0.3 is 0 Å². The average Bonchev–Trinajstić information content (AvgIpc) is 3.46. The second kappa shape index (κ2) is 10.5. The Balaban J connectivity index is 1.50. The number of aryl methyl sites for hydroxylation is 2. The number of nitrogens with zero attached hydrogens (tertiary/aromatic N) is 3. The summed E-state index contributed by atoms with van der Waals surface area (Å²) in [5.74, 6) is 0.485. The van der Waals surface area contributed by atoms with Crippen LogP contribution in [0.25, 0.3) is 5.69 Å². The highest BCUT2D eigenvalue weighted by atomic mass is 32.2. The first-order chi connectivity index (χ1) is 16.0. The minimum atomic E-state index is -0.157. The van der Waals surface area contributed by atoms with Crippen LogP contribution in [0.1, 0.15) is 26.6 Å². The van der Waals surface area contributed by atoms with Crippen LogP contribution in [0, 0.1) is 13.8 Å². The number of thiophene rings is 1. The number of amides is 2. The molecule has 0 aliphatic rings. The quantitative estimate of drug-likeness (QED) is 0.362. The second-order valence-electron chi connectivity index (χ2n) is 7.44. The van der Waals surface area contributed by atoms with Crippen molar-refractivity contribution in [2.24, 2.45) is 0 Å². The standard InChI is InChI=1S/C24H23N5O2S2/c1-16-6-3-8-18(12-16)26-22(30)15-33-24-28-27-21(14-25-23(31)20-10-5-11-32-20)29(24)19-9-4-7-17(2)13-19/h3-13H,14-15H2,1-2H3,(H,25,31)(H,26,30). The van der Waals surface area contributed by atoms with Gasteiger partial charge in [-0.3, -0.25) is 14.2 Å². The van der Waals surface area contributed by atoms with Gasteiger partial charge in [-0.05, 0) is 60.7 Å². The number of anilines is 1. The zero-order valence-electron chi connectivity index (χ0n) is 18.2. The number of thioether (sulfide) groups is 1. The largest absolute Gasteiger partial charge is 0.344 e. The van der Waals surface area contributed by atoms with Crippen LogP contribution in [0.15, 0.2) is 71.2 Å². The molecule has 0 unspecified atom stereocenters. The highest BCUT2D eigenvalue weighted by Crippen LogP contribution is 2.23. The summed E-state index contributed by atoms with van der Waals surface area (Å²) in [4.78, 5) is 25.5.